The van der Waals surface area contributed by atoms with E-state index in [1.54, 1.807) is 7.05 Å². The lowest BCUT2D eigenvalue weighted by Gasteiger charge is -2.22. The summed E-state index contributed by atoms with van der Waals surface area (Å²) in [6.45, 7) is 1.13. The highest BCUT2D eigenvalue weighted by Crippen LogP contribution is 2.30. The first-order valence-electron chi connectivity index (χ1n) is 6.11. The number of hydrogen-bond acceptors (Lipinski definition) is 5. The molecule has 1 unspecified atom stereocenters. The Hall–Kier alpha value is -1.79. The minimum absolute atomic E-state index is 0.294. The van der Waals surface area contributed by atoms with Crippen molar-refractivity contribution in [2.24, 2.45) is 5.73 Å². The molecule has 1 heterocycles. The number of nitrogens with two attached hydrogens (primary N) is 1. The van der Waals surface area contributed by atoms with Crippen LogP contribution in [0.4, 0.5) is 0 Å². The van der Waals surface area contributed by atoms with Crippen molar-refractivity contribution in [3.05, 3.63) is 23.8 Å². The average Bonchev–Trinajstić information content (AvgIpc) is 2.45. The number of likely N-dealkylation sites (N-methyl/N-ethyl adjacent to an activating group) is 1. The molecule has 1 amide bonds. The summed E-state index contributed by atoms with van der Waals surface area (Å²) in [5, 5.41) is 8.87. The molecule has 3 N–H and O–H groups in total. The van der Waals surface area contributed by atoms with Gasteiger partial charge < -0.3 is 25.2 Å². The van der Waals surface area contributed by atoms with Gasteiger partial charge >= 0.3 is 0 Å². The van der Waals surface area contributed by atoms with Crippen LogP contribution >= 0.6 is 0 Å². The molecule has 0 aromatic heterocycles. The smallest absolute Gasteiger partial charge is 0.241 e. The average molecular weight is 266 g/mol. The fourth-order valence-electron chi connectivity index (χ4n) is 1.90. The Morgan fingerprint density at radius 2 is 2.11 bits per heavy atom. The molecule has 2 rings (SSSR count). The third kappa shape index (κ3) is 3.15. The molecule has 1 aromatic carbocycles. The van der Waals surface area contributed by atoms with Gasteiger partial charge in [-0.1, -0.05) is 6.07 Å². The van der Waals surface area contributed by atoms with Crippen LogP contribution in [0.2, 0.25) is 0 Å². The first kappa shape index (κ1) is 13.6. The maximum absolute atomic E-state index is 11.8. The third-order valence-electron chi connectivity index (χ3n) is 2.92. The van der Waals surface area contributed by atoms with Gasteiger partial charge in [-0.25, -0.2) is 0 Å². The summed E-state index contributed by atoms with van der Waals surface area (Å²) in [6.07, 6.45) is 0. The number of benzene rings is 1. The lowest BCUT2D eigenvalue weighted by molar-refractivity contribution is -0.132. The number of fused-ring (bicyclic) bond motifs is 1. The van der Waals surface area contributed by atoms with Crippen molar-refractivity contribution in [1.29, 1.82) is 0 Å². The molecule has 1 aromatic rings. The second-order valence-corrected chi connectivity index (χ2v) is 4.46. The zero-order chi connectivity index (χ0) is 13.8. The molecule has 0 aliphatic carbocycles. The standard InChI is InChI=1S/C13H18N2O4/c1-15(13(17)10(14)8-16)7-9-2-3-11-12(6-9)19-5-4-18-11/h2-3,6,10,16H,4-5,7-8,14H2,1H3. The van der Waals surface area contributed by atoms with E-state index in [1.165, 1.54) is 4.90 Å². The van der Waals surface area contributed by atoms with Crippen molar-refractivity contribution < 1.29 is 19.4 Å². The number of ether oxygens (including phenoxy) is 2. The summed E-state index contributed by atoms with van der Waals surface area (Å²) in [5.74, 6) is 1.12. The van der Waals surface area contributed by atoms with Crippen LogP contribution in [-0.2, 0) is 11.3 Å². The van der Waals surface area contributed by atoms with Crippen LogP contribution < -0.4 is 15.2 Å². The molecule has 1 aliphatic heterocycles. The largest absolute Gasteiger partial charge is 0.486 e. The maximum Gasteiger partial charge on any atom is 0.241 e. The third-order valence-corrected chi connectivity index (χ3v) is 2.92. The number of nitrogens with zero attached hydrogens (tertiary/aromatic N) is 1. The monoisotopic (exact) mass is 266 g/mol. The second kappa shape index (κ2) is 5.90. The van der Waals surface area contributed by atoms with Gasteiger partial charge in [-0.3, -0.25) is 4.79 Å². The summed E-state index contributed by atoms with van der Waals surface area (Å²) in [6, 6.07) is 4.68. The molecule has 0 saturated heterocycles. The van der Waals surface area contributed by atoms with Crippen LogP contribution in [-0.4, -0.2) is 48.8 Å². The zero-order valence-corrected chi connectivity index (χ0v) is 10.8. The topological polar surface area (TPSA) is 85.0 Å². The van der Waals surface area contributed by atoms with Crippen LogP contribution in [0.15, 0.2) is 18.2 Å². The molecule has 6 nitrogen and oxygen atoms in total. The van der Waals surface area contributed by atoms with Crippen molar-refractivity contribution in [1.82, 2.24) is 4.90 Å². The Morgan fingerprint density at radius 1 is 1.42 bits per heavy atom. The van der Waals surface area contributed by atoms with E-state index in [1.807, 2.05) is 18.2 Å². The number of hydrogen-bond donors (Lipinski definition) is 2. The highest BCUT2D eigenvalue weighted by molar-refractivity contribution is 5.81. The highest BCUT2D eigenvalue weighted by Gasteiger charge is 2.18. The second-order valence-electron chi connectivity index (χ2n) is 4.46. The Bertz CT molecular complexity index is 464. The van der Waals surface area contributed by atoms with Crippen molar-refractivity contribution in [2.75, 3.05) is 26.9 Å². The van der Waals surface area contributed by atoms with Gasteiger partial charge in [-0.15, -0.1) is 0 Å². The van der Waals surface area contributed by atoms with E-state index in [-0.39, 0.29) is 12.5 Å². The van der Waals surface area contributed by atoms with Crippen molar-refractivity contribution in [3.63, 3.8) is 0 Å². The number of aliphatic hydroxyl groups excluding tert-OH is 1. The summed E-state index contributed by atoms with van der Waals surface area (Å²) >= 11 is 0. The maximum atomic E-state index is 11.8. The molecule has 0 radical (unpaired) electrons. The van der Waals surface area contributed by atoms with Crippen LogP contribution in [0.1, 0.15) is 5.56 Å². The Morgan fingerprint density at radius 3 is 2.79 bits per heavy atom. The Kier molecular flexibility index (Phi) is 4.24. The molecule has 0 saturated carbocycles. The number of amides is 1. The minimum atomic E-state index is -0.873. The molecule has 1 aliphatic rings. The first-order valence-corrected chi connectivity index (χ1v) is 6.11. The quantitative estimate of drug-likeness (QED) is 0.784. The normalized spacial score (nSPS) is 14.9. The zero-order valence-electron chi connectivity index (χ0n) is 10.8. The van der Waals surface area contributed by atoms with Gasteiger partial charge in [0.05, 0.1) is 6.61 Å². The molecule has 0 fully saturated rings. The van der Waals surface area contributed by atoms with Gasteiger partial charge in [0.1, 0.15) is 19.3 Å². The van der Waals surface area contributed by atoms with Crippen LogP contribution in [0.3, 0.4) is 0 Å². The van der Waals surface area contributed by atoms with Gasteiger partial charge in [-0.2, -0.15) is 0 Å². The lowest BCUT2D eigenvalue weighted by Crippen LogP contribution is -2.43. The Balaban J connectivity index is 2.05. The summed E-state index contributed by atoms with van der Waals surface area (Å²) < 4.78 is 10.9. The number of aliphatic hydroxyl groups is 1. The van der Waals surface area contributed by atoms with Crippen molar-refractivity contribution >= 4 is 5.91 Å². The summed E-state index contributed by atoms with van der Waals surface area (Å²) in [4.78, 5) is 13.2. The predicted molar refractivity (Wildman–Crippen MR) is 69.0 cm³/mol. The van der Waals surface area contributed by atoms with Crippen LogP contribution in [0, 0.1) is 0 Å². The minimum Gasteiger partial charge on any atom is -0.486 e. The highest BCUT2D eigenvalue weighted by atomic mass is 16.6. The van der Waals surface area contributed by atoms with E-state index >= 15 is 0 Å². The number of carbonyl (C=O) groups is 1. The van der Waals surface area contributed by atoms with Gasteiger partial charge in [0.25, 0.3) is 0 Å². The van der Waals surface area contributed by atoms with E-state index in [0.29, 0.717) is 25.5 Å². The molecule has 104 valence electrons. The molecule has 6 heteroatoms. The fourth-order valence-corrected chi connectivity index (χ4v) is 1.90. The molecule has 1 atom stereocenters. The summed E-state index contributed by atoms with van der Waals surface area (Å²) in [5.41, 5.74) is 6.42. The van der Waals surface area contributed by atoms with E-state index < -0.39 is 6.04 Å². The molecule has 0 bridgehead atoms. The fraction of sp³-hybridized carbons (Fsp3) is 0.462. The number of carbonyl (C=O) groups excluding carboxylic acids is 1. The van der Waals surface area contributed by atoms with Crippen LogP contribution in [0.5, 0.6) is 11.5 Å². The van der Waals surface area contributed by atoms with Crippen molar-refractivity contribution in [2.45, 2.75) is 12.6 Å². The van der Waals surface area contributed by atoms with Crippen LogP contribution in [0.25, 0.3) is 0 Å². The molecule has 19 heavy (non-hydrogen) atoms. The van der Waals surface area contributed by atoms with Crippen molar-refractivity contribution in [3.8, 4) is 11.5 Å². The molecule has 0 spiro atoms. The SMILES string of the molecule is CN(Cc1ccc2c(c1)OCCO2)C(=O)C(N)CO. The number of rotatable bonds is 4. The van der Waals surface area contributed by atoms with E-state index in [2.05, 4.69) is 0 Å². The first-order chi connectivity index (χ1) is 9.11. The van der Waals surface area contributed by atoms with Gasteiger partial charge in [0, 0.05) is 13.6 Å². The molecular formula is C13H18N2O4. The predicted octanol–water partition coefficient (Wildman–Crippen LogP) is -0.264. The van der Waals surface area contributed by atoms with Gasteiger partial charge in [-0.05, 0) is 17.7 Å². The molecular weight excluding hydrogens is 248 g/mol. The van der Waals surface area contributed by atoms with Gasteiger partial charge in [0.15, 0.2) is 11.5 Å². The summed E-state index contributed by atoms with van der Waals surface area (Å²) in [7, 11) is 1.65. The van der Waals surface area contributed by atoms with E-state index in [4.69, 9.17) is 20.3 Å². The van der Waals surface area contributed by atoms with E-state index in [0.717, 1.165) is 11.3 Å². The Labute approximate surface area is 111 Å². The lowest BCUT2D eigenvalue weighted by atomic mass is 10.1. The van der Waals surface area contributed by atoms with E-state index in [9.17, 15) is 4.79 Å². The van der Waals surface area contributed by atoms with Gasteiger partial charge in [0.2, 0.25) is 5.91 Å².